The summed E-state index contributed by atoms with van der Waals surface area (Å²) in [5.74, 6) is 0. The third-order valence-electron chi connectivity index (χ3n) is 5.10. The van der Waals surface area contributed by atoms with Crippen LogP contribution in [-0.2, 0) is 4.74 Å². The molecule has 23 heavy (non-hydrogen) atoms. The number of likely N-dealkylation sites (tertiary alicyclic amines) is 1. The van der Waals surface area contributed by atoms with Crippen molar-refractivity contribution in [3.63, 3.8) is 0 Å². The van der Waals surface area contributed by atoms with E-state index in [0.29, 0.717) is 0 Å². The second-order valence-corrected chi connectivity index (χ2v) is 7.69. The highest BCUT2D eigenvalue weighted by Crippen LogP contribution is 2.34. The van der Waals surface area contributed by atoms with Gasteiger partial charge in [0.25, 0.3) is 0 Å². The van der Waals surface area contributed by atoms with E-state index in [9.17, 15) is 4.79 Å². The second kappa shape index (κ2) is 7.58. The Labute approximate surface area is 143 Å². The molecule has 1 aromatic rings. The summed E-state index contributed by atoms with van der Waals surface area (Å²) in [4.78, 5) is 14.7. The van der Waals surface area contributed by atoms with E-state index in [0.717, 1.165) is 52.0 Å². The first kappa shape index (κ1) is 16.7. The van der Waals surface area contributed by atoms with E-state index < -0.39 is 0 Å². The van der Waals surface area contributed by atoms with Crippen molar-refractivity contribution in [3.05, 3.63) is 35.9 Å². The fraction of sp³-hybridized carbons (Fsp3) is 0.611. The predicted molar refractivity (Wildman–Crippen MR) is 94.8 cm³/mol. The monoisotopic (exact) mass is 334 g/mol. The van der Waals surface area contributed by atoms with Crippen molar-refractivity contribution in [1.29, 1.82) is 0 Å². The van der Waals surface area contributed by atoms with Crippen LogP contribution in [-0.4, -0.2) is 48.2 Å². The number of carbonyl (C=O) groups excluding carboxylic acids is 1. The van der Waals surface area contributed by atoms with Crippen molar-refractivity contribution in [2.45, 2.75) is 36.5 Å². The molecular formula is C18H26N2O2S. The van der Waals surface area contributed by atoms with Gasteiger partial charge >= 0.3 is 6.03 Å². The highest BCUT2D eigenvalue weighted by Gasteiger charge is 2.34. The lowest BCUT2D eigenvalue weighted by atomic mass is 9.99. The zero-order valence-electron chi connectivity index (χ0n) is 13.8. The van der Waals surface area contributed by atoms with Gasteiger partial charge in [0.2, 0.25) is 0 Å². The number of ether oxygens (including phenoxy) is 1. The maximum atomic E-state index is 12.7. The molecule has 126 valence electrons. The van der Waals surface area contributed by atoms with Gasteiger partial charge in [0.05, 0.1) is 6.04 Å². The molecule has 2 aliphatic rings. The number of amides is 2. The quantitative estimate of drug-likeness (QED) is 0.917. The Bertz CT molecular complexity index is 517. The molecule has 0 bridgehead atoms. The van der Waals surface area contributed by atoms with Crippen LogP contribution in [0.1, 0.15) is 37.3 Å². The van der Waals surface area contributed by atoms with Gasteiger partial charge < -0.3 is 15.0 Å². The lowest BCUT2D eigenvalue weighted by molar-refractivity contribution is 0.0771. The standard InChI is InChI=1S/C18H26N2O2S/c1-23-18(9-12-22-13-10-18)14-19-17(21)20-11-5-8-16(20)15-6-3-2-4-7-15/h2-4,6-7,16H,5,8-14H2,1H3,(H,19,21). The minimum atomic E-state index is 0.0799. The summed E-state index contributed by atoms with van der Waals surface area (Å²) in [7, 11) is 0. The minimum absolute atomic E-state index is 0.0799. The maximum Gasteiger partial charge on any atom is 0.317 e. The molecule has 0 radical (unpaired) electrons. The largest absolute Gasteiger partial charge is 0.381 e. The van der Waals surface area contributed by atoms with Crippen LogP contribution in [0.5, 0.6) is 0 Å². The third-order valence-corrected chi connectivity index (χ3v) is 6.52. The molecule has 0 saturated carbocycles. The van der Waals surface area contributed by atoms with Crippen molar-refractivity contribution >= 4 is 17.8 Å². The minimum Gasteiger partial charge on any atom is -0.381 e. The highest BCUT2D eigenvalue weighted by molar-refractivity contribution is 8.00. The number of rotatable bonds is 4. The number of hydrogen-bond acceptors (Lipinski definition) is 3. The topological polar surface area (TPSA) is 41.6 Å². The van der Waals surface area contributed by atoms with Gasteiger partial charge in [-0.25, -0.2) is 4.79 Å². The van der Waals surface area contributed by atoms with Gasteiger partial charge in [0.1, 0.15) is 0 Å². The number of nitrogens with zero attached hydrogens (tertiary/aromatic N) is 1. The summed E-state index contributed by atoms with van der Waals surface area (Å²) in [6.07, 6.45) is 6.29. The molecule has 1 aromatic carbocycles. The first-order chi connectivity index (χ1) is 11.2. The third kappa shape index (κ3) is 3.83. The normalized spacial score (nSPS) is 23.7. The fourth-order valence-electron chi connectivity index (χ4n) is 3.57. The SMILES string of the molecule is CSC1(CNC(=O)N2CCCC2c2ccccc2)CCOCC1. The van der Waals surface area contributed by atoms with Crippen molar-refractivity contribution in [2.75, 3.05) is 32.6 Å². The van der Waals surface area contributed by atoms with Crippen LogP contribution in [0.2, 0.25) is 0 Å². The molecule has 2 fully saturated rings. The summed E-state index contributed by atoms with van der Waals surface area (Å²) in [6.45, 7) is 3.18. The van der Waals surface area contributed by atoms with Gasteiger partial charge in [-0.3, -0.25) is 0 Å². The van der Waals surface area contributed by atoms with Crippen molar-refractivity contribution < 1.29 is 9.53 Å². The second-order valence-electron chi connectivity index (χ2n) is 6.42. The average molecular weight is 334 g/mol. The Balaban J connectivity index is 1.61. The fourth-order valence-corrected chi connectivity index (χ4v) is 4.36. The molecular weight excluding hydrogens is 308 g/mol. The average Bonchev–Trinajstić information content (AvgIpc) is 3.11. The first-order valence-corrected chi connectivity index (χ1v) is 9.69. The summed E-state index contributed by atoms with van der Waals surface area (Å²) < 4.78 is 5.61. The molecule has 0 aliphatic carbocycles. The Hall–Kier alpha value is -1.20. The number of urea groups is 1. The Morgan fingerprint density at radius 3 is 2.78 bits per heavy atom. The molecule has 2 aliphatic heterocycles. The van der Waals surface area contributed by atoms with Gasteiger partial charge in [-0.2, -0.15) is 11.8 Å². The van der Waals surface area contributed by atoms with Gasteiger partial charge in [-0.1, -0.05) is 30.3 Å². The van der Waals surface area contributed by atoms with Crippen LogP contribution < -0.4 is 5.32 Å². The molecule has 2 saturated heterocycles. The molecule has 0 spiro atoms. The first-order valence-electron chi connectivity index (χ1n) is 8.46. The van der Waals surface area contributed by atoms with Crippen molar-refractivity contribution in [3.8, 4) is 0 Å². The van der Waals surface area contributed by atoms with Crippen LogP contribution in [0, 0.1) is 0 Å². The zero-order valence-corrected chi connectivity index (χ0v) is 14.6. The number of carbonyl (C=O) groups is 1. The Morgan fingerprint density at radius 2 is 2.09 bits per heavy atom. The molecule has 4 nitrogen and oxygen atoms in total. The van der Waals surface area contributed by atoms with E-state index in [1.807, 2.05) is 22.7 Å². The van der Waals surface area contributed by atoms with Gasteiger partial charge in [0.15, 0.2) is 0 Å². The lowest BCUT2D eigenvalue weighted by Crippen LogP contribution is -2.48. The van der Waals surface area contributed by atoms with E-state index in [2.05, 4.69) is 35.8 Å². The van der Waals surface area contributed by atoms with Gasteiger partial charge in [-0.15, -0.1) is 0 Å². The smallest absolute Gasteiger partial charge is 0.317 e. The molecule has 1 atom stereocenters. The molecule has 2 amide bonds. The van der Waals surface area contributed by atoms with Crippen LogP contribution in [0.3, 0.4) is 0 Å². The van der Waals surface area contributed by atoms with E-state index in [1.54, 1.807) is 0 Å². The molecule has 1 N–H and O–H groups in total. The number of benzene rings is 1. The van der Waals surface area contributed by atoms with Crippen LogP contribution in [0.25, 0.3) is 0 Å². The number of nitrogens with one attached hydrogen (secondary N) is 1. The van der Waals surface area contributed by atoms with E-state index >= 15 is 0 Å². The summed E-state index contributed by atoms with van der Waals surface area (Å²) in [5.41, 5.74) is 1.24. The lowest BCUT2D eigenvalue weighted by Gasteiger charge is -2.36. The van der Waals surface area contributed by atoms with E-state index in [4.69, 9.17) is 4.74 Å². The molecule has 3 rings (SSSR count). The molecule has 2 heterocycles. The molecule has 1 unspecified atom stereocenters. The molecule has 0 aromatic heterocycles. The summed E-state index contributed by atoms with van der Waals surface area (Å²) >= 11 is 1.86. The maximum absolute atomic E-state index is 12.7. The summed E-state index contributed by atoms with van der Waals surface area (Å²) in [6, 6.07) is 10.7. The van der Waals surface area contributed by atoms with Gasteiger partial charge in [-0.05, 0) is 37.5 Å². The zero-order chi connectivity index (χ0) is 16.1. The van der Waals surface area contributed by atoms with Crippen molar-refractivity contribution in [2.24, 2.45) is 0 Å². The van der Waals surface area contributed by atoms with E-state index in [1.165, 1.54) is 5.56 Å². The number of hydrogen-bond donors (Lipinski definition) is 1. The molecule has 5 heteroatoms. The Kier molecular flexibility index (Phi) is 5.49. The summed E-state index contributed by atoms with van der Waals surface area (Å²) in [5, 5.41) is 3.20. The van der Waals surface area contributed by atoms with E-state index in [-0.39, 0.29) is 16.8 Å². The van der Waals surface area contributed by atoms with Crippen LogP contribution >= 0.6 is 11.8 Å². The van der Waals surface area contributed by atoms with Gasteiger partial charge in [0, 0.05) is 31.1 Å². The van der Waals surface area contributed by atoms with Crippen LogP contribution in [0.4, 0.5) is 4.79 Å². The highest BCUT2D eigenvalue weighted by atomic mass is 32.2. The number of thioether (sulfide) groups is 1. The predicted octanol–water partition coefficient (Wildman–Crippen LogP) is 3.45. The van der Waals surface area contributed by atoms with Crippen LogP contribution in [0.15, 0.2) is 30.3 Å². The Morgan fingerprint density at radius 1 is 1.35 bits per heavy atom. The van der Waals surface area contributed by atoms with Crippen molar-refractivity contribution in [1.82, 2.24) is 10.2 Å².